The van der Waals surface area contributed by atoms with Gasteiger partial charge in [-0.25, -0.2) is 4.98 Å². The summed E-state index contributed by atoms with van der Waals surface area (Å²) in [5.41, 5.74) is 1.16. The molecular formula is C11H16N4S. The summed E-state index contributed by atoms with van der Waals surface area (Å²) in [6, 6.07) is 0.537. The van der Waals surface area contributed by atoms with Gasteiger partial charge in [0.15, 0.2) is 0 Å². The smallest absolute Gasteiger partial charge is 0.114 e. The van der Waals surface area contributed by atoms with Crippen molar-refractivity contribution in [2.45, 2.75) is 25.9 Å². The second-order valence-electron chi connectivity index (χ2n) is 3.94. The largest absolute Gasteiger partial charge is 0.307 e. The van der Waals surface area contributed by atoms with Gasteiger partial charge in [-0.15, -0.1) is 11.3 Å². The first kappa shape index (κ1) is 11.3. The van der Waals surface area contributed by atoms with Crippen molar-refractivity contribution >= 4 is 11.3 Å². The third kappa shape index (κ3) is 2.15. The Kier molecular flexibility index (Phi) is 3.36. The molecule has 5 heteroatoms. The molecule has 0 spiro atoms. The van der Waals surface area contributed by atoms with Crippen LogP contribution in [0.2, 0.25) is 0 Å². The minimum Gasteiger partial charge on any atom is -0.307 e. The first-order valence-corrected chi connectivity index (χ1v) is 6.21. The lowest BCUT2D eigenvalue weighted by Crippen LogP contribution is -2.16. The van der Waals surface area contributed by atoms with Gasteiger partial charge in [0.25, 0.3) is 0 Å². The van der Waals surface area contributed by atoms with Gasteiger partial charge >= 0.3 is 0 Å². The molecule has 2 heterocycles. The number of hydrogen-bond acceptors (Lipinski definition) is 4. The summed E-state index contributed by atoms with van der Waals surface area (Å²) >= 11 is 1.66. The second kappa shape index (κ2) is 4.76. The van der Waals surface area contributed by atoms with Crippen molar-refractivity contribution in [3.05, 3.63) is 34.5 Å². The van der Waals surface area contributed by atoms with Gasteiger partial charge in [-0.2, -0.15) is 5.10 Å². The molecule has 0 aliphatic heterocycles. The van der Waals surface area contributed by atoms with Crippen LogP contribution in [-0.2, 0) is 0 Å². The van der Waals surface area contributed by atoms with Crippen LogP contribution in [0, 0.1) is 0 Å². The van der Waals surface area contributed by atoms with Crippen LogP contribution in [0.3, 0.4) is 0 Å². The molecule has 2 rings (SSSR count). The predicted octanol–water partition coefficient (Wildman–Crippen LogP) is 2.23. The molecule has 86 valence electrons. The Hall–Kier alpha value is -1.20. The molecule has 0 amide bonds. The zero-order chi connectivity index (χ0) is 11.5. The predicted molar refractivity (Wildman–Crippen MR) is 65.6 cm³/mol. The molecule has 0 saturated heterocycles. The van der Waals surface area contributed by atoms with Crippen LogP contribution in [0.4, 0.5) is 0 Å². The van der Waals surface area contributed by atoms with Crippen LogP contribution in [-0.4, -0.2) is 21.8 Å². The molecule has 0 aromatic carbocycles. The highest BCUT2D eigenvalue weighted by Gasteiger charge is 2.16. The van der Waals surface area contributed by atoms with Crippen LogP contribution in [0.1, 0.15) is 36.5 Å². The Morgan fingerprint density at radius 1 is 1.44 bits per heavy atom. The summed E-state index contributed by atoms with van der Waals surface area (Å²) in [6.07, 6.45) is 5.81. The van der Waals surface area contributed by atoms with Crippen LogP contribution in [0.15, 0.2) is 24.0 Å². The molecule has 2 aromatic heterocycles. The molecule has 1 N–H and O–H groups in total. The molecule has 0 saturated carbocycles. The van der Waals surface area contributed by atoms with Crippen LogP contribution < -0.4 is 5.32 Å². The third-order valence-electron chi connectivity index (χ3n) is 2.47. The SMILES string of the molecule is CNC(c1cnn(C(C)C)c1)c1nccs1. The number of nitrogens with zero attached hydrogens (tertiary/aromatic N) is 3. The minimum atomic E-state index is 0.146. The maximum atomic E-state index is 4.35. The third-order valence-corrected chi connectivity index (χ3v) is 3.31. The fraction of sp³-hybridized carbons (Fsp3) is 0.455. The van der Waals surface area contributed by atoms with E-state index in [0.717, 1.165) is 10.6 Å². The molecule has 0 aliphatic rings. The molecule has 0 bridgehead atoms. The monoisotopic (exact) mass is 236 g/mol. The highest BCUT2D eigenvalue weighted by atomic mass is 32.1. The van der Waals surface area contributed by atoms with Crippen LogP contribution in [0.25, 0.3) is 0 Å². The standard InChI is InChI=1S/C11H16N4S/c1-8(2)15-7-9(6-14-15)10(12-3)11-13-4-5-16-11/h4-8,10,12H,1-3H3. The lowest BCUT2D eigenvalue weighted by atomic mass is 10.2. The van der Waals surface area contributed by atoms with Gasteiger partial charge in [-0.3, -0.25) is 4.68 Å². The van der Waals surface area contributed by atoms with Gasteiger partial charge in [0.2, 0.25) is 0 Å². The van der Waals surface area contributed by atoms with Gasteiger partial charge in [0.05, 0.1) is 12.2 Å². The summed E-state index contributed by atoms with van der Waals surface area (Å²) < 4.78 is 1.97. The highest BCUT2D eigenvalue weighted by molar-refractivity contribution is 7.09. The molecule has 16 heavy (non-hydrogen) atoms. The summed E-state index contributed by atoms with van der Waals surface area (Å²) in [6.45, 7) is 4.24. The Balaban J connectivity index is 2.27. The van der Waals surface area contributed by atoms with E-state index < -0.39 is 0 Å². The first-order valence-electron chi connectivity index (χ1n) is 5.33. The number of rotatable bonds is 4. The maximum absolute atomic E-state index is 4.35. The zero-order valence-corrected chi connectivity index (χ0v) is 10.5. The topological polar surface area (TPSA) is 42.7 Å². The van der Waals surface area contributed by atoms with Gasteiger partial charge < -0.3 is 5.32 Å². The van der Waals surface area contributed by atoms with Gasteiger partial charge in [0, 0.05) is 29.4 Å². The molecule has 0 radical (unpaired) electrons. The van der Waals surface area contributed by atoms with Crippen molar-refractivity contribution in [2.75, 3.05) is 7.05 Å². The van der Waals surface area contributed by atoms with E-state index in [1.165, 1.54) is 0 Å². The zero-order valence-electron chi connectivity index (χ0n) is 9.71. The second-order valence-corrected chi connectivity index (χ2v) is 4.87. The van der Waals surface area contributed by atoms with Crippen molar-refractivity contribution in [3.63, 3.8) is 0 Å². The molecule has 0 fully saturated rings. The fourth-order valence-electron chi connectivity index (χ4n) is 1.59. The van der Waals surface area contributed by atoms with Crippen molar-refractivity contribution in [2.24, 2.45) is 0 Å². The van der Waals surface area contributed by atoms with Gasteiger partial charge in [-0.1, -0.05) is 0 Å². The van der Waals surface area contributed by atoms with Gasteiger partial charge in [-0.05, 0) is 20.9 Å². The van der Waals surface area contributed by atoms with Crippen molar-refractivity contribution < 1.29 is 0 Å². The number of hydrogen-bond donors (Lipinski definition) is 1. The summed E-state index contributed by atoms with van der Waals surface area (Å²) in [5, 5.41) is 10.7. The van der Waals surface area contributed by atoms with E-state index in [2.05, 4.69) is 35.4 Å². The van der Waals surface area contributed by atoms with Crippen molar-refractivity contribution in [3.8, 4) is 0 Å². The maximum Gasteiger partial charge on any atom is 0.114 e. The average molecular weight is 236 g/mol. The quantitative estimate of drug-likeness (QED) is 0.885. The lowest BCUT2D eigenvalue weighted by Gasteiger charge is -2.11. The molecule has 0 aliphatic carbocycles. The summed E-state index contributed by atoms with van der Waals surface area (Å²) in [4.78, 5) is 4.34. The summed E-state index contributed by atoms with van der Waals surface area (Å²) in [7, 11) is 1.94. The van der Waals surface area contributed by atoms with E-state index in [1.54, 1.807) is 11.3 Å². The minimum absolute atomic E-state index is 0.146. The van der Waals surface area contributed by atoms with Crippen LogP contribution >= 0.6 is 11.3 Å². The molecule has 4 nitrogen and oxygen atoms in total. The van der Waals surface area contributed by atoms with E-state index in [0.29, 0.717) is 6.04 Å². The number of nitrogens with one attached hydrogen (secondary N) is 1. The Morgan fingerprint density at radius 2 is 2.25 bits per heavy atom. The van der Waals surface area contributed by atoms with E-state index >= 15 is 0 Å². The molecule has 1 unspecified atom stereocenters. The van der Waals surface area contributed by atoms with E-state index in [4.69, 9.17) is 0 Å². The van der Waals surface area contributed by atoms with E-state index in [9.17, 15) is 0 Å². The van der Waals surface area contributed by atoms with E-state index in [1.807, 2.05) is 29.5 Å². The van der Waals surface area contributed by atoms with Crippen LogP contribution in [0.5, 0.6) is 0 Å². The molecule has 1 atom stereocenters. The van der Waals surface area contributed by atoms with E-state index in [-0.39, 0.29) is 6.04 Å². The number of thiazole rings is 1. The Labute approximate surface area is 99.3 Å². The Bertz CT molecular complexity index is 433. The lowest BCUT2D eigenvalue weighted by molar-refractivity contribution is 0.531. The molecular weight excluding hydrogens is 220 g/mol. The van der Waals surface area contributed by atoms with Gasteiger partial charge in [0.1, 0.15) is 5.01 Å². The normalized spacial score (nSPS) is 13.2. The highest BCUT2D eigenvalue weighted by Crippen LogP contribution is 2.23. The molecule has 2 aromatic rings. The summed E-state index contributed by atoms with van der Waals surface area (Å²) in [5.74, 6) is 0. The fourth-order valence-corrected chi connectivity index (χ4v) is 2.37. The number of aromatic nitrogens is 3. The van der Waals surface area contributed by atoms with Crippen molar-refractivity contribution in [1.29, 1.82) is 0 Å². The Morgan fingerprint density at radius 3 is 2.75 bits per heavy atom. The van der Waals surface area contributed by atoms with Crippen molar-refractivity contribution in [1.82, 2.24) is 20.1 Å². The first-order chi connectivity index (χ1) is 7.72. The average Bonchev–Trinajstić information content (AvgIpc) is 2.88.